The molecule has 1 atom stereocenters. The van der Waals surface area contributed by atoms with E-state index in [0.717, 1.165) is 56.3 Å². The van der Waals surface area contributed by atoms with Crippen molar-refractivity contribution in [2.45, 2.75) is 6.17 Å². The number of fused-ring (bicyclic) bond motifs is 7. The third kappa shape index (κ3) is 5.60. The predicted octanol–water partition coefficient (Wildman–Crippen LogP) is 11.0. The fourth-order valence-corrected chi connectivity index (χ4v) is 15.5. The summed E-state index contributed by atoms with van der Waals surface area (Å²) in [5.41, 5.74) is 9.22. The Labute approximate surface area is 365 Å². The van der Waals surface area contributed by atoms with Gasteiger partial charge in [0.25, 0.3) is 0 Å². The Morgan fingerprint density at radius 1 is 0.540 bits per heavy atom. The number of rotatable bonds is 7. The van der Waals surface area contributed by atoms with E-state index in [0.29, 0.717) is 11.1 Å². The quantitative estimate of drug-likeness (QED) is 0.150. The van der Waals surface area contributed by atoms with Crippen LogP contribution in [0.2, 0.25) is 0 Å². The van der Waals surface area contributed by atoms with Gasteiger partial charge in [-0.05, 0) is 98.6 Å². The van der Waals surface area contributed by atoms with Crippen molar-refractivity contribution in [3.63, 3.8) is 0 Å². The van der Waals surface area contributed by atoms with Crippen LogP contribution in [0.4, 0.5) is 21.6 Å². The van der Waals surface area contributed by atoms with Crippen LogP contribution in [0.25, 0.3) is 49.9 Å². The Morgan fingerprint density at radius 2 is 1.17 bits per heavy atom. The lowest BCUT2D eigenvalue weighted by Crippen LogP contribution is -2.77. The molecule has 12 rings (SSSR count). The van der Waals surface area contributed by atoms with E-state index in [-0.39, 0.29) is 0 Å². The lowest BCUT2D eigenvalue weighted by molar-refractivity contribution is 0.402. The van der Waals surface area contributed by atoms with Gasteiger partial charge in [-0.1, -0.05) is 146 Å². The Hall–Kier alpha value is -7.87. The van der Waals surface area contributed by atoms with Gasteiger partial charge in [0.2, 0.25) is 0 Å². The summed E-state index contributed by atoms with van der Waals surface area (Å²) in [6.45, 7) is 0. The molecule has 0 spiro atoms. The van der Waals surface area contributed by atoms with Crippen molar-refractivity contribution in [2.75, 3.05) is 4.90 Å². The normalized spacial score (nSPS) is 13.6. The number of aromatic nitrogens is 4. The van der Waals surface area contributed by atoms with Crippen molar-refractivity contribution < 1.29 is 4.39 Å². The molecule has 7 heteroatoms. The smallest absolute Gasteiger partial charge is 0.187 e. The number of benzene rings is 8. The Bertz CT molecular complexity index is 3470. The second-order valence-electron chi connectivity index (χ2n) is 16.3. The highest BCUT2D eigenvalue weighted by molar-refractivity contribution is 7.22. The summed E-state index contributed by atoms with van der Waals surface area (Å²) in [6, 6.07) is 74.2. The number of para-hydroxylation sites is 4. The number of nitrogens with zero attached hydrogens (tertiary/aromatic N) is 5. The molecule has 0 fully saturated rings. The van der Waals surface area contributed by atoms with Crippen molar-refractivity contribution in [1.29, 1.82) is 0 Å². The molecule has 0 saturated carbocycles. The molecule has 3 aromatic heterocycles. The number of aryl methyl sites for hydroxylation is 1. The summed E-state index contributed by atoms with van der Waals surface area (Å²) in [4.78, 5) is 12.5. The highest BCUT2D eigenvalue weighted by atomic mass is 28.3. The van der Waals surface area contributed by atoms with E-state index in [1.807, 2.05) is 73.9 Å². The second kappa shape index (κ2) is 14.6. The maximum absolute atomic E-state index is 17.3. The van der Waals surface area contributed by atoms with Crippen molar-refractivity contribution in [3.05, 3.63) is 230 Å². The number of imidazole rings is 1. The van der Waals surface area contributed by atoms with Crippen molar-refractivity contribution >= 4 is 78.9 Å². The molecule has 8 aromatic carbocycles. The van der Waals surface area contributed by atoms with Crippen LogP contribution in [0.3, 0.4) is 0 Å². The molecule has 1 aliphatic rings. The van der Waals surface area contributed by atoms with Crippen LogP contribution in [0.5, 0.6) is 0 Å². The first-order valence-corrected chi connectivity index (χ1v) is 23.4. The van der Waals surface area contributed by atoms with Crippen molar-refractivity contribution in [1.82, 2.24) is 19.1 Å². The third-order valence-electron chi connectivity index (χ3n) is 12.9. The molecular weight excluding hydrogens is 790 g/mol. The van der Waals surface area contributed by atoms with Gasteiger partial charge >= 0.3 is 0 Å². The summed E-state index contributed by atoms with van der Waals surface area (Å²) in [5, 5.41) is 7.39. The zero-order chi connectivity index (χ0) is 42.1. The summed E-state index contributed by atoms with van der Waals surface area (Å²) in [7, 11) is -1.15. The molecular formula is C56H40FN5Si. The number of hydrogen-bond donors (Lipinski definition) is 0. The van der Waals surface area contributed by atoms with Gasteiger partial charge in [0.05, 0.1) is 22.1 Å². The SMILES string of the molecule is Cn1c(-c2cccc(C(F)c3cccc(N4c5ccc6c(c5[Si](c5ccccc5)(c5ccccc5)c5cccnc54)c4ccccc4n6-c4ccccc4)c3)c2)nc2ccccc21. The van der Waals surface area contributed by atoms with Gasteiger partial charge in [0.15, 0.2) is 14.2 Å². The molecule has 0 aliphatic carbocycles. The van der Waals surface area contributed by atoms with Gasteiger partial charge in [-0.3, -0.25) is 4.90 Å². The zero-order valence-corrected chi connectivity index (χ0v) is 35.5. The van der Waals surface area contributed by atoms with E-state index < -0.39 is 14.2 Å². The van der Waals surface area contributed by atoms with Crippen LogP contribution in [-0.2, 0) is 7.05 Å². The van der Waals surface area contributed by atoms with E-state index in [4.69, 9.17) is 9.97 Å². The van der Waals surface area contributed by atoms with E-state index in [1.165, 1.54) is 31.5 Å². The average molecular weight is 830 g/mol. The van der Waals surface area contributed by atoms with E-state index in [1.54, 1.807) is 0 Å². The minimum absolute atomic E-state index is 0.565. The molecule has 0 saturated heterocycles. The first-order valence-electron chi connectivity index (χ1n) is 21.4. The number of anilines is 3. The fraction of sp³-hybridized carbons (Fsp3) is 0.0357. The largest absolute Gasteiger partial charge is 0.327 e. The average Bonchev–Trinajstić information content (AvgIpc) is 3.88. The molecule has 0 bridgehead atoms. The monoisotopic (exact) mass is 829 g/mol. The third-order valence-corrected chi connectivity index (χ3v) is 17.8. The van der Waals surface area contributed by atoms with Gasteiger partial charge in [-0.25, -0.2) is 14.4 Å². The maximum atomic E-state index is 17.3. The molecule has 0 amide bonds. The van der Waals surface area contributed by atoms with E-state index >= 15 is 4.39 Å². The van der Waals surface area contributed by atoms with Crippen molar-refractivity contribution in [2.24, 2.45) is 7.05 Å². The van der Waals surface area contributed by atoms with Crippen LogP contribution in [-0.4, -0.2) is 27.2 Å². The van der Waals surface area contributed by atoms with E-state index in [9.17, 15) is 0 Å². The van der Waals surface area contributed by atoms with Gasteiger partial charge in [0, 0.05) is 46.6 Å². The van der Waals surface area contributed by atoms with Crippen molar-refractivity contribution in [3.8, 4) is 17.1 Å². The summed E-state index contributed by atoms with van der Waals surface area (Å²) < 4.78 is 21.7. The molecule has 300 valence electrons. The maximum Gasteiger partial charge on any atom is 0.187 e. The summed E-state index contributed by atoms with van der Waals surface area (Å²) >= 11 is 0. The molecule has 0 radical (unpaired) electrons. The molecule has 5 nitrogen and oxygen atoms in total. The fourth-order valence-electron chi connectivity index (χ4n) is 10.2. The Morgan fingerprint density at radius 3 is 1.92 bits per heavy atom. The standard InChI is InChI=1S/C56H40FN5Si/c1-60-48-31-14-12-29-46(48)59-55(60)40-20-15-18-38(36-40)53(57)39-19-16-23-42(37-39)62-50-34-33-49-52(45-28-11-13-30-47(45)61(49)41-21-5-2-6-22-41)54(50)63(43-24-7-3-8-25-43,44-26-9-4-10-27-44)51-32-17-35-58-56(51)62/h2-37,53H,1H3. The first kappa shape index (κ1) is 36.9. The number of pyridine rings is 1. The molecule has 1 aliphatic heterocycles. The molecule has 63 heavy (non-hydrogen) atoms. The first-order chi connectivity index (χ1) is 31.1. The van der Waals surface area contributed by atoms with Crippen LogP contribution >= 0.6 is 0 Å². The highest BCUT2D eigenvalue weighted by Crippen LogP contribution is 2.43. The van der Waals surface area contributed by atoms with Crippen LogP contribution in [0.15, 0.2) is 219 Å². The topological polar surface area (TPSA) is 38.9 Å². The van der Waals surface area contributed by atoms with Crippen LogP contribution in [0.1, 0.15) is 17.3 Å². The lowest BCUT2D eigenvalue weighted by atomic mass is 9.99. The van der Waals surface area contributed by atoms with Crippen LogP contribution < -0.4 is 25.6 Å². The molecule has 4 heterocycles. The van der Waals surface area contributed by atoms with Gasteiger partial charge in [-0.2, -0.15) is 0 Å². The number of alkyl halides is 1. The lowest BCUT2D eigenvalue weighted by Gasteiger charge is -2.44. The summed E-state index contributed by atoms with van der Waals surface area (Å²) in [6.07, 6.45) is 0.501. The predicted molar refractivity (Wildman–Crippen MR) is 260 cm³/mol. The van der Waals surface area contributed by atoms with Gasteiger partial charge in [0.1, 0.15) is 11.6 Å². The number of hydrogen-bond acceptors (Lipinski definition) is 3. The minimum Gasteiger partial charge on any atom is -0.327 e. The van der Waals surface area contributed by atoms with E-state index in [2.05, 4.69) is 166 Å². The molecule has 1 unspecified atom stereocenters. The molecule has 0 N–H and O–H groups in total. The highest BCUT2D eigenvalue weighted by Gasteiger charge is 2.51. The minimum atomic E-state index is -3.16. The second-order valence-corrected chi connectivity index (χ2v) is 20.0. The van der Waals surface area contributed by atoms with Crippen LogP contribution in [0, 0.1) is 0 Å². The van der Waals surface area contributed by atoms with Gasteiger partial charge < -0.3 is 9.13 Å². The Balaban J connectivity index is 1.11. The number of halogens is 1. The van der Waals surface area contributed by atoms with Gasteiger partial charge in [-0.15, -0.1) is 0 Å². The Kier molecular flexibility index (Phi) is 8.59. The summed E-state index contributed by atoms with van der Waals surface area (Å²) in [5.74, 6) is 1.66. The molecule has 11 aromatic rings. The zero-order valence-electron chi connectivity index (χ0n) is 34.5.